The molecule has 0 saturated carbocycles. The molecule has 158 valence electrons. The SMILES string of the molecule is Cc1cc2ccccc2n1CC(=O)N1CCC[C@@H](CC(=O)NCCn2ccnc2)C1. The summed E-state index contributed by atoms with van der Waals surface area (Å²) in [5.41, 5.74) is 2.18. The Hall–Kier alpha value is -3.09. The summed E-state index contributed by atoms with van der Waals surface area (Å²) >= 11 is 0. The Bertz CT molecular complexity index is 1010. The van der Waals surface area contributed by atoms with Crippen LogP contribution in [0.15, 0.2) is 49.1 Å². The lowest BCUT2D eigenvalue weighted by molar-refractivity contribution is -0.134. The first-order valence-electron chi connectivity index (χ1n) is 10.7. The third kappa shape index (κ3) is 4.72. The highest BCUT2D eigenvalue weighted by Gasteiger charge is 2.25. The Morgan fingerprint density at radius 3 is 2.97 bits per heavy atom. The van der Waals surface area contributed by atoms with E-state index in [0.717, 1.165) is 36.0 Å². The predicted molar refractivity (Wildman–Crippen MR) is 116 cm³/mol. The average Bonchev–Trinajstić information content (AvgIpc) is 3.36. The quantitative estimate of drug-likeness (QED) is 0.654. The van der Waals surface area contributed by atoms with Crippen LogP contribution < -0.4 is 5.32 Å². The number of hydrogen-bond donors (Lipinski definition) is 1. The molecule has 2 amide bonds. The number of aryl methyl sites for hydroxylation is 1. The van der Waals surface area contributed by atoms with Crippen molar-refractivity contribution in [1.82, 2.24) is 24.3 Å². The minimum Gasteiger partial charge on any atom is -0.354 e. The van der Waals surface area contributed by atoms with Crippen molar-refractivity contribution in [2.75, 3.05) is 19.6 Å². The molecule has 1 fully saturated rings. The molecule has 0 aliphatic carbocycles. The zero-order valence-corrected chi connectivity index (χ0v) is 17.5. The summed E-state index contributed by atoms with van der Waals surface area (Å²) in [6, 6.07) is 10.3. The summed E-state index contributed by atoms with van der Waals surface area (Å²) < 4.78 is 4.03. The lowest BCUT2D eigenvalue weighted by Crippen LogP contribution is -2.43. The van der Waals surface area contributed by atoms with Crippen LogP contribution in [-0.2, 0) is 22.7 Å². The zero-order valence-electron chi connectivity index (χ0n) is 17.5. The van der Waals surface area contributed by atoms with E-state index >= 15 is 0 Å². The highest BCUT2D eigenvalue weighted by Crippen LogP contribution is 2.22. The van der Waals surface area contributed by atoms with Gasteiger partial charge in [-0.15, -0.1) is 0 Å². The number of para-hydroxylation sites is 1. The molecule has 1 atom stereocenters. The molecule has 0 unspecified atom stereocenters. The van der Waals surface area contributed by atoms with E-state index in [2.05, 4.69) is 33.1 Å². The molecule has 0 bridgehead atoms. The number of imidazole rings is 1. The minimum absolute atomic E-state index is 0.0571. The minimum atomic E-state index is 0.0571. The number of rotatable bonds is 7. The Morgan fingerprint density at radius 2 is 2.13 bits per heavy atom. The maximum atomic E-state index is 13.0. The predicted octanol–water partition coefficient (Wildman–Crippen LogP) is 2.59. The lowest BCUT2D eigenvalue weighted by Gasteiger charge is -2.33. The first-order chi connectivity index (χ1) is 14.6. The molecular formula is C23H29N5O2. The van der Waals surface area contributed by atoms with Crippen molar-refractivity contribution in [1.29, 1.82) is 0 Å². The first kappa shape index (κ1) is 20.2. The van der Waals surface area contributed by atoms with E-state index in [4.69, 9.17) is 0 Å². The molecule has 30 heavy (non-hydrogen) atoms. The van der Waals surface area contributed by atoms with Gasteiger partial charge in [0.2, 0.25) is 11.8 Å². The Labute approximate surface area is 176 Å². The molecule has 1 N–H and O–H groups in total. The molecule has 1 aromatic carbocycles. The monoisotopic (exact) mass is 407 g/mol. The molecule has 7 heteroatoms. The second-order valence-electron chi connectivity index (χ2n) is 8.13. The van der Waals surface area contributed by atoms with E-state index in [1.54, 1.807) is 12.5 Å². The van der Waals surface area contributed by atoms with E-state index in [1.165, 1.54) is 0 Å². The fraction of sp³-hybridized carbons (Fsp3) is 0.435. The van der Waals surface area contributed by atoms with E-state index in [9.17, 15) is 9.59 Å². The van der Waals surface area contributed by atoms with Gasteiger partial charge in [0.15, 0.2) is 0 Å². The molecule has 3 heterocycles. The average molecular weight is 408 g/mol. The molecule has 2 aromatic heterocycles. The number of likely N-dealkylation sites (tertiary alicyclic amines) is 1. The van der Waals surface area contributed by atoms with Crippen LogP contribution in [0.25, 0.3) is 10.9 Å². The van der Waals surface area contributed by atoms with Crippen molar-refractivity contribution in [2.24, 2.45) is 5.92 Å². The highest BCUT2D eigenvalue weighted by atomic mass is 16.2. The number of aromatic nitrogens is 3. The van der Waals surface area contributed by atoms with E-state index in [0.29, 0.717) is 32.6 Å². The lowest BCUT2D eigenvalue weighted by atomic mass is 9.94. The van der Waals surface area contributed by atoms with Crippen LogP contribution in [0.3, 0.4) is 0 Å². The number of nitrogens with zero attached hydrogens (tertiary/aromatic N) is 4. The number of carbonyl (C=O) groups excluding carboxylic acids is 2. The smallest absolute Gasteiger partial charge is 0.242 e. The van der Waals surface area contributed by atoms with Crippen molar-refractivity contribution in [2.45, 2.75) is 39.3 Å². The van der Waals surface area contributed by atoms with Crippen LogP contribution in [0.4, 0.5) is 0 Å². The number of amides is 2. The van der Waals surface area contributed by atoms with Crippen LogP contribution in [0.1, 0.15) is 25.0 Å². The standard InChI is InChI=1S/C23H29N5O2/c1-18-13-20-6-2-3-7-21(20)28(18)16-23(30)27-10-4-5-19(15-27)14-22(29)25-9-12-26-11-8-24-17-26/h2-3,6-8,11,13,17,19H,4-5,9-10,12,14-16H2,1H3,(H,25,29)/t19-/m0/s1. The Kier molecular flexibility index (Phi) is 6.16. The first-order valence-corrected chi connectivity index (χ1v) is 10.7. The van der Waals surface area contributed by atoms with E-state index < -0.39 is 0 Å². The summed E-state index contributed by atoms with van der Waals surface area (Å²) in [6.07, 6.45) is 7.76. The number of benzene rings is 1. The topological polar surface area (TPSA) is 72.2 Å². The number of nitrogens with one attached hydrogen (secondary N) is 1. The summed E-state index contributed by atoms with van der Waals surface area (Å²) in [6.45, 7) is 5.13. The van der Waals surface area contributed by atoms with E-state index in [1.807, 2.05) is 34.7 Å². The number of carbonyl (C=O) groups is 2. The van der Waals surface area contributed by atoms with Crippen molar-refractivity contribution in [3.63, 3.8) is 0 Å². The van der Waals surface area contributed by atoms with Gasteiger partial charge in [-0.3, -0.25) is 9.59 Å². The van der Waals surface area contributed by atoms with Crippen LogP contribution in [0.2, 0.25) is 0 Å². The summed E-state index contributed by atoms with van der Waals surface area (Å²) in [5.74, 6) is 0.407. The third-order valence-electron chi connectivity index (χ3n) is 5.91. The summed E-state index contributed by atoms with van der Waals surface area (Å²) in [7, 11) is 0. The van der Waals surface area contributed by atoms with Crippen LogP contribution in [0.5, 0.6) is 0 Å². The van der Waals surface area contributed by atoms with Crippen LogP contribution in [0, 0.1) is 12.8 Å². The molecule has 1 aliphatic heterocycles. The van der Waals surface area contributed by atoms with Crippen molar-refractivity contribution >= 4 is 22.7 Å². The van der Waals surface area contributed by atoms with Gasteiger partial charge in [-0.1, -0.05) is 18.2 Å². The highest BCUT2D eigenvalue weighted by molar-refractivity contribution is 5.84. The van der Waals surface area contributed by atoms with Crippen molar-refractivity contribution in [3.05, 3.63) is 54.7 Å². The van der Waals surface area contributed by atoms with Crippen LogP contribution in [-0.4, -0.2) is 50.5 Å². The van der Waals surface area contributed by atoms with Gasteiger partial charge in [0.05, 0.1) is 6.33 Å². The maximum absolute atomic E-state index is 13.0. The molecular weight excluding hydrogens is 378 g/mol. The Morgan fingerprint density at radius 1 is 1.27 bits per heavy atom. The molecule has 0 spiro atoms. The fourth-order valence-corrected chi connectivity index (χ4v) is 4.33. The maximum Gasteiger partial charge on any atom is 0.242 e. The fourth-order valence-electron chi connectivity index (χ4n) is 4.33. The third-order valence-corrected chi connectivity index (χ3v) is 5.91. The van der Waals surface area contributed by atoms with Gasteiger partial charge in [-0.05, 0) is 43.2 Å². The van der Waals surface area contributed by atoms with E-state index in [-0.39, 0.29) is 17.7 Å². The number of hydrogen-bond acceptors (Lipinski definition) is 3. The molecule has 4 rings (SSSR count). The summed E-state index contributed by atoms with van der Waals surface area (Å²) in [4.78, 5) is 31.2. The van der Waals surface area contributed by atoms with Gasteiger partial charge < -0.3 is 19.4 Å². The second-order valence-corrected chi connectivity index (χ2v) is 8.13. The van der Waals surface area contributed by atoms with Gasteiger partial charge in [0, 0.05) is 56.2 Å². The van der Waals surface area contributed by atoms with Gasteiger partial charge >= 0.3 is 0 Å². The van der Waals surface area contributed by atoms with Gasteiger partial charge in [0.25, 0.3) is 0 Å². The molecule has 0 radical (unpaired) electrons. The molecule has 7 nitrogen and oxygen atoms in total. The number of piperidine rings is 1. The van der Waals surface area contributed by atoms with Crippen molar-refractivity contribution < 1.29 is 9.59 Å². The molecule has 1 saturated heterocycles. The second kappa shape index (κ2) is 9.15. The zero-order chi connectivity index (χ0) is 20.9. The Balaban J connectivity index is 1.29. The normalized spacial score (nSPS) is 16.7. The number of fused-ring (bicyclic) bond motifs is 1. The largest absolute Gasteiger partial charge is 0.354 e. The van der Waals surface area contributed by atoms with Gasteiger partial charge in [0.1, 0.15) is 6.54 Å². The van der Waals surface area contributed by atoms with Crippen LogP contribution >= 0.6 is 0 Å². The van der Waals surface area contributed by atoms with Gasteiger partial charge in [-0.2, -0.15) is 0 Å². The molecule has 1 aliphatic rings. The van der Waals surface area contributed by atoms with Crippen molar-refractivity contribution in [3.8, 4) is 0 Å². The molecule has 3 aromatic rings. The van der Waals surface area contributed by atoms with Gasteiger partial charge in [-0.25, -0.2) is 4.98 Å². The summed E-state index contributed by atoms with van der Waals surface area (Å²) in [5, 5.41) is 4.14.